The molecule has 1 saturated heterocycles. The summed E-state index contributed by atoms with van der Waals surface area (Å²) in [5.41, 5.74) is 0.237. The van der Waals surface area contributed by atoms with Crippen LogP contribution in [-0.4, -0.2) is 57.2 Å². The maximum Gasteiger partial charge on any atom is 0.433 e. The third-order valence-electron chi connectivity index (χ3n) is 4.72. The molecule has 1 aliphatic rings. The first-order valence-electron chi connectivity index (χ1n) is 8.85. The van der Waals surface area contributed by atoms with E-state index in [1.54, 1.807) is 11.0 Å². The van der Waals surface area contributed by atoms with E-state index in [0.29, 0.717) is 5.56 Å². The van der Waals surface area contributed by atoms with Crippen molar-refractivity contribution in [1.29, 1.82) is 0 Å². The molecule has 2 aromatic heterocycles. The molecular weight excluding hydrogens is 387 g/mol. The molecular formula is C19H16F3N5O2. The van der Waals surface area contributed by atoms with Crippen LogP contribution < -0.4 is 4.90 Å². The molecule has 0 saturated carbocycles. The van der Waals surface area contributed by atoms with Crippen LogP contribution in [0, 0.1) is 0 Å². The van der Waals surface area contributed by atoms with Gasteiger partial charge in [-0.05, 0) is 18.2 Å². The molecule has 3 heterocycles. The molecule has 0 radical (unpaired) electrons. The van der Waals surface area contributed by atoms with Crippen LogP contribution in [-0.2, 0) is 6.18 Å². The first-order chi connectivity index (χ1) is 13.8. The van der Waals surface area contributed by atoms with Gasteiger partial charge in [0.2, 0.25) is 5.95 Å². The lowest BCUT2D eigenvalue weighted by Crippen LogP contribution is -2.49. The Balaban J connectivity index is 1.74. The van der Waals surface area contributed by atoms with E-state index >= 15 is 0 Å². The highest BCUT2D eigenvalue weighted by atomic mass is 19.4. The number of alkyl halides is 3. The maximum absolute atomic E-state index is 13.4. The van der Waals surface area contributed by atoms with Gasteiger partial charge in [-0.25, -0.2) is 14.8 Å². The minimum Gasteiger partial charge on any atom is -0.465 e. The van der Waals surface area contributed by atoms with Gasteiger partial charge in [-0.2, -0.15) is 13.2 Å². The van der Waals surface area contributed by atoms with E-state index in [1.165, 1.54) is 11.1 Å². The van der Waals surface area contributed by atoms with Crippen molar-refractivity contribution in [3.05, 3.63) is 48.3 Å². The average molecular weight is 403 g/mol. The molecule has 1 aliphatic heterocycles. The molecule has 3 aromatic rings. The molecule has 1 amide bonds. The largest absolute Gasteiger partial charge is 0.465 e. The summed E-state index contributed by atoms with van der Waals surface area (Å²) in [5.74, 6) is -0.0759. The van der Waals surface area contributed by atoms with Crippen LogP contribution in [0.15, 0.2) is 42.6 Å². The van der Waals surface area contributed by atoms with Gasteiger partial charge >= 0.3 is 12.3 Å². The van der Waals surface area contributed by atoms with Crippen molar-refractivity contribution in [2.24, 2.45) is 0 Å². The fraction of sp³-hybridized carbons (Fsp3) is 0.263. The maximum atomic E-state index is 13.4. The van der Waals surface area contributed by atoms with Gasteiger partial charge in [0.25, 0.3) is 0 Å². The number of aromatic nitrogens is 3. The zero-order valence-electron chi connectivity index (χ0n) is 15.1. The molecule has 1 N–H and O–H groups in total. The van der Waals surface area contributed by atoms with Crippen molar-refractivity contribution < 1.29 is 23.1 Å². The molecule has 1 aromatic carbocycles. The minimum absolute atomic E-state index is 0.0759. The van der Waals surface area contributed by atoms with Gasteiger partial charge in [0.15, 0.2) is 5.69 Å². The highest BCUT2D eigenvalue weighted by molar-refractivity contribution is 5.82. The molecule has 29 heavy (non-hydrogen) atoms. The van der Waals surface area contributed by atoms with Crippen LogP contribution in [0.2, 0.25) is 0 Å². The number of piperazine rings is 1. The summed E-state index contributed by atoms with van der Waals surface area (Å²) in [6.45, 7) is 0.760. The van der Waals surface area contributed by atoms with E-state index in [1.807, 2.05) is 24.3 Å². The Hall–Kier alpha value is -3.43. The number of para-hydroxylation sites is 1. The van der Waals surface area contributed by atoms with Gasteiger partial charge in [0.05, 0.1) is 11.2 Å². The number of hydrogen-bond acceptors (Lipinski definition) is 5. The number of pyridine rings is 1. The highest BCUT2D eigenvalue weighted by Gasteiger charge is 2.35. The molecule has 0 atom stereocenters. The molecule has 0 aliphatic carbocycles. The summed E-state index contributed by atoms with van der Waals surface area (Å²) in [5, 5.41) is 9.83. The number of benzene rings is 1. The van der Waals surface area contributed by atoms with Gasteiger partial charge in [0, 0.05) is 43.3 Å². The number of amides is 1. The summed E-state index contributed by atoms with van der Waals surface area (Å²) in [6, 6.07) is 9.93. The number of hydrogen-bond donors (Lipinski definition) is 1. The molecule has 1 fully saturated rings. The normalized spacial score (nSPS) is 15.0. The molecule has 4 rings (SSSR count). The first kappa shape index (κ1) is 18.9. The van der Waals surface area contributed by atoms with E-state index < -0.39 is 18.0 Å². The van der Waals surface area contributed by atoms with Crippen molar-refractivity contribution in [3.63, 3.8) is 0 Å². The lowest BCUT2D eigenvalue weighted by atomic mass is 10.1. The third-order valence-corrected chi connectivity index (χ3v) is 4.72. The Bertz CT molecular complexity index is 1070. The van der Waals surface area contributed by atoms with Gasteiger partial charge in [-0.3, -0.25) is 4.98 Å². The molecule has 0 spiro atoms. The summed E-state index contributed by atoms with van der Waals surface area (Å²) in [4.78, 5) is 26.1. The Kier molecular flexibility index (Phi) is 4.69. The Labute approximate surface area is 163 Å². The van der Waals surface area contributed by atoms with E-state index in [-0.39, 0.29) is 37.8 Å². The van der Waals surface area contributed by atoms with Crippen LogP contribution in [0.3, 0.4) is 0 Å². The monoisotopic (exact) mass is 403 g/mol. The van der Waals surface area contributed by atoms with Crippen LogP contribution in [0.1, 0.15) is 5.69 Å². The molecule has 0 bridgehead atoms. The summed E-state index contributed by atoms with van der Waals surface area (Å²) in [6.07, 6.45) is -4.21. The number of carboxylic acid groups (broad SMARTS) is 1. The Morgan fingerprint density at radius 1 is 1.03 bits per heavy atom. The average Bonchev–Trinajstić information content (AvgIpc) is 2.72. The van der Waals surface area contributed by atoms with Crippen molar-refractivity contribution in [1.82, 2.24) is 19.9 Å². The van der Waals surface area contributed by atoms with Crippen LogP contribution >= 0.6 is 0 Å². The van der Waals surface area contributed by atoms with Crippen molar-refractivity contribution in [2.75, 3.05) is 31.1 Å². The van der Waals surface area contributed by atoms with Crippen molar-refractivity contribution in [3.8, 4) is 11.3 Å². The quantitative estimate of drug-likeness (QED) is 0.705. The lowest BCUT2D eigenvalue weighted by Gasteiger charge is -2.33. The van der Waals surface area contributed by atoms with Gasteiger partial charge in [-0.1, -0.05) is 18.2 Å². The van der Waals surface area contributed by atoms with Crippen LogP contribution in [0.5, 0.6) is 0 Å². The van der Waals surface area contributed by atoms with Gasteiger partial charge in [-0.15, -0.1) is 0 Å². The molecule has 10 heteroatoms. The van der Waals surface area contributed by atoms with Gasteiger partial charge in [0.1, 0.15) is 0 Å². The number of anilines is 1. The summed E-state index contributed by atoms with van der Waals surface area (Å²) >= 11 is 0. The predicted octanol–water partition coefficient (Wildman–Crippen LogP) is 3.51. The zero-order chi connectivity index (χ0) is 20.6. The van der Waals surface area contributed by atoms with Crippen molar-refractivity contribution >= 4 is 22.9 Å². The third kappa shape index (κ3) is 3.91. The number of carbonyl (C=O) groups is 1. The molecule has 7 nitrogen and oxygen atoms in total. The smallest absolute Gasteiger partial charge is 0.433 e. The fourth-order valence-corrected chi connectivity index (χ4v) is 3.18. The van der Waals surface area contributed by atoms with E-state index in [4.69, 9.17) is 5.11 Å². The second-order valence-corrected chi connectivity index (χ2v) is 6.61. The standard InChI is InChI=1S/C19H16F3N5O2/c20-19(21,22)16-10-15(13-9-12-3-1-2-4-14(12)23-11-13)24-17(25-16)26-5-7-27(8-6-26)18(28)29/h1-4,9-11H,5-8H2,(H,28,29). The minimum atomic E-state index is -4.64. The predicted molar refractivity (Wildman–Crippen MR) is 99.6 cm³/mol. The van der Waals surface area contributed by atoms with E-state index in [9.17, 15) is 18.0 Å². The summed E-state index contributed by atoms with van der Waals surface area (Å²) in [7, 11) is 0. The second-order valence-electron chi connectivity index (χ2n) is 6.61. The topological polar surface area (TPSA) is 82.5 Å². The lowest BCUT2D eigenvalue weighted by molar-refractivity contribution is -0.141. The number of nitrogens with zero attached hydrogens (tertiary/aromatic N) is 5. The SMILES string of the molecule is O=C(O)N1CCN(c2nc(-c3cnc4ccccc4c3)cc(C(F)(F)F)n2)CC1. The Morgan fingerprint density at radius 2 is 1.76 bits per heavy atom. The van der Waals surface area contributed by atoms with Gasteiger partial charge < -0.3 is 14.9 Å². The summed E-state index contributed by atoms with van der Waals surface area (Å²) < 4.78 is 40.3. The fourth-order valence-electron chi connectivity index (χ4n) is 3.18. The zero-order valence-corrected chi connectivity index (χ0v) is 15.1. The van der Waals surface area contributed by atoms with Crippen LogP contribution in [0.4, 0.5) is 23.9 Å². The number of rotatable bonds is 2. The molecule has 150 valence electrons. The number of fused-ring (bicyclic) bond motifs is 1. The van der Waals surface area contributed by atoms with E-state index in [2.05, 4.69) is 15.0 Å². The number of halogens is 3. The highest BCUT2D eigenvalue weighted by Crippen LogP contribution is 2.32. The van der Waals surface area contributed by atoms with E-state index in [0.717, 1.165) is 17.0 Å². The Morgan fingerprint density at radius 3 is 2.45 bits per heavy atom. The van der Waals surface area contributed by atoms with Crippen LogP contribution in [0.25, 0.3) is 22.2 Å². The molecule has 0 unspecified atom stereocenters. The first-order valence-corrected chi connectivity index (χ1v) is 8.85. The second kappa shape index (κ2) is 7.19. The van der Waals surface area contributed by atoms with Crippen molar-refractivity contribution in [2.45, 2.75) is 6.18 Å².